The highest BCUT2D eigenvalue weighted by Crippen LogP contribution is 2.26. The Kier molecular flexibility index (Phi) is 3.13. The van der Waals surface area contributed by atoms with E-state index in [0.717, 1.165) is 12.1 Å². The van der Waals surface area contributed by atoms with Crippen molar-refractivity contribution in [3.05, 3.63) is 35.9 Å². The van der Waals surface area contributed by atoms with Crippen LogP contribution in [-0.4, -0.2) is 24.1 Å². The molecule has 1 saturated heterocycles. The van der Waals surface area contributed by atoms with Crippen LogP contribution in [0.25, 0.3) is 0 Å². The van der Waals surface area contributed by atoms with E-state index in [4.69, 9.17) is 4.74 Å². The molecule has 1 aliphatic rings. The van der Waals surface area contributed by atoms with E-state index in [-0.39, 0.29) is 12.2 Å². The van der Waals surface area contributed by atoms with Crippen molar-refractivity contribution >= 4 is 6.09 Å². The van der Waals surface area contributed by atoms with Crippen molar-refractivity contribution in [2.75, 3.05) is 13.1 Å². The molecule has 1 unspecified atom stereocenters. The molecule has 0 spiro atoms. The zero-order chi connectivity index (χ0) is 11.5. The largest absolute Gasteiger partial charge is 0.439 e. The number of carbonyl (C=O) groups is 1. The maximum Gasteiger partial charge on any atom is 0.410 e. The lowest BCUT2D eigenvalue weighted by Crippen LogP contribution is -2.28. The van der Waals surface area contributed by atoms with Crippen LogP contribution in [0, 0.1) is 5.92 Å². The first-order chi connectivity index (χ1) is 7.66. The Bertz CT molecular complexity index is 361. The second kappa shape index (κ2) is 4.56. The first-order valence-corrected chi connectivity index (χ1v) is 5.67. The SMILES string of the molecule is CC(C)CN1CC(c2ccccc2)OC1=O. The third kappa shape index (κ3) is 2.35. The highest BCUT2D eigenvalue weighted by Gasteiger charge is 2.32. The highest BCUT2D eigenvalue weighted by atomic mass is 16.6. The summed E-state index contributed by atoms with van der Waals surface area (Å²) in [7, 11) is 0. The maximum absolute atomic E-state index is 11.6. The summed E-state index contributed by atoms with van der Waals surface area (Å²) in [5, 5.41) is 0. The minimum Gasteiger partial charge on any atom is -0.439 e. The van der Waals surface area contributed by atoms with Crippen LogP contribution in [0.3, 0.4) is 0 Å². The standard InChI is InChI=1S/C13H17NO2/c1-10(2)8-14-9-12(16-13(14)15)11-6-4-3-5-7-11/h3-7,10,12H,8-9H2,1-2H3. The molecular weight excluding hydrogens is 202 g/mol. The van der Waals surface area contributed by atoms with Gasteiger partial charge in [-0.1, -0.05) is 44.2 Å². The van der Waals surface area contributed by atoms with Gasteiger partial charge in [0.05, 0.1) is 6.54 Å². The number of amides is 1. The average Bonchev–Trinajstić information content (AvgIpc) is 2.61. The molecule has 3 heteroatoms. The van der Waals surface area contributed by atoms with Crippen molar-refractivity contribution in [1.82, 2.24) is 4.90 Å². The van der Waals surface area contributed by atoms with Crippen molar-refractivity contribution in [1.29, 1.82) is 0 Å². The molecule has 86 valence electrons. The molecular formula is C13H17NO2. The van der Waals surface area contributed by atoms with E-state index in [1.807, 2.05) is 30.3 Å². The first-order valence-electron chi connectivity index (χ1n) is 5.67. The molecule has 16 heavy (non-hydrogen) atoms. The Hall–Kier alpha value is -1.51. The second-order valence-corrected chi connectivity index (χ2v) is 4.58. The van der Waals surface area contributed by atoms with Gasteiger partial charge in [-0.3, -0.25) is 0 Å². The summed E-state index contributed by atoms with van der Waals surface area (Å²) < 4.78 is 5.35. The number of ether oxygens (including phenoxy) is 1. The van der Waals surface area contributed by atoms with Gasteiger partial charge in [0.25, 0.3) is 0 Å². The van der Waals surface area contributed by atoms with Gasteiger partial charge in [0, 0.05) is 6.54 Å². The van der Waals surface area contributed by atoms with E-state index in [1.165, 1.54) is 0 Å². The summed E-state index contributed by atoms with van der Waals surface area (Å²) in [4.78, 5) is 13.4. The monoisotopic (exact) mass is 219 g/mol. The van der Waals surface area contributed by atoms with Gasteiger partial charge < -0.3 is 9.64 Å². The molecule has 3 nitrogen and oxygen atoms in total. The molecule has 0 radical (unpaired) electrons. The van der Waals surface area contributed by atoms with E-state index >= 15 is 0 Å². The number of hydrogen-bond donors (Lipinski definition) is 0. The van der Waals surface area contributed by atoms with Crippen molar-refractivity contribution in [2.24, 2.45) is 5.92 Å². The fraction of sp³-hybridized carbons (Fsp3) is 0.462. The lowest BCUT2D eigenvalue weighted by molar-refractivity contribution is 0.131. The van der Waals surface area contributed by atoms with Crippen LogP contribution in [0.15, 0.2) is 30.3 Å². The van der Waals surface area contributed by atoms with E-state index in [2.05, 4.69) is 13.8 Å². The number of rotatable bonds is 3. The second-order valence-electron chi connectivity index (χ2n) is 4.58. The van der Waals surface area contributed by atoms with E-state index in [0.29, 0.717) is 12.5 Å². The summed E-state index contributed by atoms with van der Waals surface area (Å²) in [6.07, 6.45) is -0.296. The minimum atomic E-state index is -0.192. The van der Waals surface area contributed by atoms with Crippen LogP contribution in [-0.2, 0) is 4.74 Å². The van der Waals surface area contributed by atoms with Gasteiger partial charge in [0.2, 0.25) is 0 Å². The molecule has 1 aromatic carbocycles. The van der Waals surface area contributed by atoms with E-state index < -0.39 is 0 Å². The fourth-order valence-electron chi connectivity index (χ4n) is 1.94. The maximum atomic E-state index is 11.6. The molecule has 1 amide bonds. The van der Waals surface area contributed by atoms with Crippen molar-refractivity contribution in [3.63, 3.8) is 0 Å². The summed E-state index contributed by atoms with van der Waals surface area (Å²) in [5.74, 6) is 0.474. The van der Waals surface area contributed by atoms with Crippen LogP contribution in [0.5, 0.6) is 0 Å². The topological polar surface area (TPSA) is 29.5 Å². The van der Waals surface area contributed by atoms with Crippen LogP contribution in [0.2, 0.25) is 0 Å². The van der Waals surface area contributed by atoms with Crippen LogP contribution < -0.4 is 0 Å². The molecule has 0 aromatic heterocycles. The normalized spacial score (nSPS) is 20.3. The Morgan fingerprint density at radius 3 is 2.69 bits per heavy atom. The average molecular weight is 219 g/mol. The van der Waals surface area contributed by atoms with Crippen molar-refractivity contribution in [3.8, 4) is 0 Å². The van der Waals surface area contributed by atoms with Crippen LogP contribution in [0.4, 0.5) is 4.79 Å². The number of benzene rings is 1. The Labute approximate surface area is 96.0 Å². The van der Waals surface area contributed by atoms with Gasteiger partial charge in [0.1, 0.15) is 6.10 Å². The van der Waals surface area contributed by atoms with Crippen molar-refractivity contribution in [2.45, 2.75) is 20.0 Å². The lowest BCUT2D eigenvalue weighted by atomic mass is 10.1. The molecule has 1 heterocycles. The predicted molar refractivity (Wildman–Crippen MR) is 62.1 cm³/mol. The third-order valence-electron chi connectivity index (χ3n) is 2.64. The minimum absolute atomic E-state index is 0.104. The smallest absolute Gasteiger partial charge is 0.410 e. The van der Waals surface area contributed by atoms with E-state index in [1.54, 1.807) is 4.90 Å². The molecule has 0 bridgehead atoms. The summed E-state index contributed by atoms with van der Waals surface area (Å²) in [6.45, 7) is 5.63. The van der Waals surface area contributed by atoms with Crippen molar-refractivity contribution < 1.29 is 9.53 Å². The zero-order valence-electron chi connectivity index (χ0n) is 9.72. The molecule has 1 aromatic rings. The zero-order valence-corrected chi connectivity index (χ0v) is 9.72. The summed E-state index contributed by atoms with van der Waals surface area (Å²) >= 11 is 0. The first kappa shape index (κ1) is 11.0. The van der Waals surface area contributed by atoms with Crippen LogP contribution in [0.1, 0.15) is 25.5 Å². The highest BCUT2D eigenvalue weighted by molar-refractivity contribution is 5.70. The number of hydrogen-bond acceptors (Lipinski definition) is 2. The molecule has 2 rings (SSSR count). The predicted octanol–water partition coefficient (Wildman–Crippen LogP) is 2.84. The Morgan fingerprint density at radius 1 is 1.38 bits per heavy atom. The summed E-state index contributed by atoms with van der Waals surface area (Å²) in [5.41, 5.74) is 1.07. The summed E-state index contributed by atoms with van der Waals surface area (Å²) in [6, 6.07) is 9.89. The number of nitrogens with zero attached hydrogens (tertiary/aromatic N) is 1. The van der Waals surface area contributed by atoms with Gasteiger partial charge in [-0.2, -0.15) is 0 Å². The number of cyclic esters (lactones) is 1. The van der Waals surface area contributed by atoms with Gasteiger partial charge >= 0.3 is 6.09 Å². The molecule has 1 atom stereocenters. The Morgan fingerprint density at radius 2 is 2.06 bits per heavy atom. The molecule has 1 fully saturated rings. The molecule has 1 aliphatic heterocycles. The fourth-order valence-corrected chi connectivity index (χ4v) is 1.94. The molecule has 0 aliphatic carbocycles. The number of carbonyl (C=O) groups excluding carboxylic acids is 1. The van der Waals surface area contributed by atoms with Gasteiger partial charge in [0.15, 0.2) is 0 Å². The van der Waals surface area contributed by atoms with Gasteiger partial charge in [-0.25, -0.2) is 4.79 Å². The van der Waals surface area contributed by atoms with E-state index in [9.17, 15) is 4.79 Å². The quantitative estimate of drug-likeness (QED) is 0.782. The van der Waals surface area contributed by atoms with Gasteiger partial charge in [-0.15, -0.1) is 0 Å². The van der Waals surface area contributed by atoms with Crippen LogP contribution >= 0.6 is 0 Å². The molecule has 0 saturated carbocycles. The third-order valence-corrected chi connectivity index (χ3v) is 2.64. The molecule has 0 N–H and O–H groups in total. The lowest BCUT2D eigenvalue weighted by Gasteiger charge is -2.14. The Balaban J connectivity index is 2.04. The van der Waals surface area contributed by atoms with Gasteiger partial charge in [-0.05, 0) is 11.5 Å².